The van der Waals surface area contributed by atoms with Gasteiger partial charge in [0.15, 0.2) is 0 Å². The molecule has 0 aliphatic rings. The van der Waals surface area contributed by atoms with Crippen LogP contribution in [0.1, 0.15) is 19.8 Å². The molecular formula is C13H19NO3. The minimum absolute atomic E-state index is 0.215. The van der Waals surface area contributed by atoms with Gasteiger partial charge < -0.3 is 14.7 Å². The largest absolute Gasteiger partial charge is 0.497 e. The van der Waals surface area contributed by atoms with Crippen molar-refractivity contribution >= 4 is 11.7 Å². The third kappa shape index (κ3) is 4.34. The van der Waals surface area contributed by atoms with E-state index in [0.717, 1.165) is 24.5 Å². The van der Waals surface area contributed by atoms with Crippen LogP contribution in [0.25, 0.3) is 0 Å². The first-order valence-electron chi connectivity index (χ1n) is 5.78. The number of hydrogen-bond acceptors (Lipinski definition) is 3. The number of ether oxygens (including phenoxy) is 1. The van der Waals surface area contributed by atoms with Crippen molar-refractivity contribution in [1.29, 1.82) is 0 Å². The molecule has 0 fully saturated rings. The molecule has 94 valence electrons. The maximum Gasteiger partial charge on any atom is 0.303 e. The first-order valence-corrected chi connectivity index (χ1v) is 5.78. The van der Waals surface area contributed by atoms with Gasteiger partial charge in [0, 0.05) is 25.2 Å². The Balaban J connectivity index is 2.56. The van der Waals surface area contributed by atoms with Crippen molar-refractivity contribution in [1.82, 2.24) is 0 Å². The molecular weight excluding hydrogens is 218 g/mol. The van der Waals surface area contributed by atoms with Crippen LogP contribution in [0.5, 0.6) is 5.75 Å². The zero-order valence-corrected chi connectivity index (χ0v) is 10.3. The molecule has 4 nitrogen and oxygen atoms in total. The summed E-state index contributed by atoms with van der Waals surface area (Å²) in [6.45, 7) is 3.69. The van der Waals surface area contributed by atoms with Gasteiger partial charge in [0.1, 0.15) is 5.75 Å². The van der Waals surface area contributed by atoms with Gasteiger partial charge in [0.05, 0.1) is 7.11 Å². The Morgan fingerprint density at radius 2 is 2.00 bits per heavy atom. The van der Waals surface area contributed by atoms with Gasteiger partial charge in [-0.15, -0.1) is 0 Å². The van der Waals surface area contributed by atoms with Crippen molar-refractivity contribution in [2.75, 3.05) is 25.1 Å². The van der Waals surface area contributed by atoms with Crippen LogP contribution in [-0.2, 0) is 4.79 Å². The molecule has 1 rings (SSSR count). The van der Waals surface area contributed by atoms with Crippen molar-refractivity contribution in [3.8, 4) is 5.75 Å². The lowest BCUT2D eigenvalue weighted by molar-refractivity contribution is -0.137. The number of carboxylic acid groups (broad SMARTS) is 1. The number of carboxylic acids is 1. The molecule has 0 unspecified atom stereocenters. The van der Waals surface area contributed by atoms with Gasteiger partial charge in [-0.05, 0) is 37.6 Å². The van der Waals surface area contributed by atoms with E-state index in [2.05, 4.69) is 11.8 Å². The molecule has 0 aliphatic carbocycles. The van der Waals surface area contributed by atoms with E-state index in [-0.39, 0.29) is 6.42 Å². The SMILES string of the molecule is CCN(CCCC(=O)O)c1ccc(OC)cc1. The van der Waals surface area contributed by atoms with E-state index >= 15 is 0 Å². The second kappa shape index (κ2) is 6.78. The summed E-state index contributed by atoms with van der Waals surface area (Å²) >= 11 is 0. The summed E-state index contributed by atoms with van der Waals surface area (Å²) in [6, 6.07) is 7.80. The molecule has 1 aromatic rings. The summed E-state index contributed by atoms with van der Waals surface area (Å²) in [6.07, 6.45) is 0.877. The maximum absolute atomic E-state index is 10.5. The van der Waals surface area contributed by atoms with Crippen molar-refractivity contribution < 1.29 is 14.6 Å². The van der Waals surface area contributed by atoms with Crippen LogP contribution in [0.3, 0.4) is 0 Å². The van der Waals surface area contributed by atoms with Gasteiger partial charge >= 0.3 is 5.97 Å². The fraction of sp³-hybridized carbons (Fsp3) is 0.462. The number of aliphatic carboxylic acids is 1. The first kappa shape index (κ1) is 13.4. The van der Waals surface area contributed by atoms with Crippen LogP contribution in [0, 0.1) is 0 Å². The van der Waals surface area contributed by atoms with E-state index in [4.69, 9.17) is 9.84 Å². The van der Waals surface area contributed by atoms with E-state index in [1.807, 2.05) is 24.3 Å². The Kier molecular flexibility index (Phi) is 5.33. The molecule has 4 heteroatoms. The summed E-state index contributed by atoms with van der Waals surface area (Å²) in [5, 5.41) is 8.60. The molecule has 0 amide bonds. The highest BCUT2D eigenvalue weighted by atomic mass is 16.5. The average molecular weight is 237 g/mol. The lowest BCUT2D eigenvalue weighted by Crippen LogP contribution is -2.24. The lowest BCUT2D eigenvalue weighted by atomic mass is 10.2. The Hall–Kier alpha value is -1.71. The minimum atomic E-state index is -0.740. The second-order valence-electron chi connectivity index (χ2n) is 3.77. The van der Waals surface area contributed by atoms with Crippen molar-refractivity contribution in [3.05, 3.63) is 24.3 Å². The molecule has 0 atom stereocenters. The minimum Gasteiger partial charge on any atom is -0.497 e. The first-order chi connectivity index (χ1) is 8.17. The summed E-state index contributed by atoms with van der Waals surface area (Å²) in [5.74, 6) is 0.0890. The smallest absolute Gasteiger partial charge is 0.303 e. The van der Waals surface area contributed by atoms with Gasteiger partial charge in [-0.25, -0.2) is 0 Å². The Morgan fingerprint density at radius 1 is 1.35 bits per heavy atom. The molecule has 0 saturated carbocycles. The van der Waals surface area contributed by atoms with Gasteiger partial charge in [0.2, 0.25) is 0 Å². The monoisotopic (exact) mass is 237 g/mol. The Labute approximate surface area is 102 Å². The maximum atomic E-state index is 10.5. The molecule has 0 bridgehead atoms. The van der Waals surface area contributed by atoms with Gasteiger partial charge in [-0.2, -0.15) is 0 Å². The zero-order valence-electron chi connectivity index (χ0n) is 10.3. The fourth-order valence-corrected chi connectivity index (χ4v) is 1.68. The fourth-order valence-electron chi connectivity index (χ4n) is 1.68. The molecule has 1 N–H and O–H groups in total. The molecule has 0 aliphatic heterocycles. The normalized spacial score (nSPS) is 10.0. The number of anilines is 1. The number of hydrogen-bond donors (Lipinski definition) is 1. The Bertz CT molecular complexity index is 348. The quantitative estimate of drug-likeness (QED) is 0.791. The third-order valence-electron chi connectivity index (χ3n) is 2.64. The van der Waals surface area contributed by atoms with Gasteiger partial charge in [-0.1, -0.05) is 0 Å². The number of carbonyl (C=O) groups is 1. The van der Waals surface area contributed by atoms with Crippen LogP contribution in [-0.4, -0.2) is 31.3 Å². The number of rotatable bonds is 7. The van der Waals surface area contributed by atoms with Crippen LogP contribution >= 0.6 is 0 Å². The standard InChI is InChI=1S/C13H19NO3/c1-3-14(10-4-5-13(15)16)11-6-8-12(17-2)9-7-11/h6-9H,3-5,10H2,1-2H3,(H,15,16). The highest BCUT2D eigenvalue weighted by Crippen LogP contribution is 2.19. The van der Waals surface area contributed by atoms with Crippen molar-refractivity contribution in [2.45, 2.75) is 19.8 Å². The third-order valence-corrected chi connectivity index (χ3v) is 2.64. The second-order valence-corrected chi connectivity index (χ2v) is 3.77. The van der Waals surface area contributed by atoms with E-state index < -0.39 is 5.97 Å². The summed E-state index contributed by atoms with van der Waals surface area (Å²) in [7, 11) is 1.64. The predicted octanol–water partition coefficient (Wildman–Crippen LogP) is 2.39. The van der Waals surface area contributed by atoms with E-state index in [1.165, 1.54) is 0 Å². The summed E-state index contributed by atoms with van der Waals surface area (Å²) in [4.78, 5) is 12.6. The molecule has 0 heterocycles. The molecule has 0 spiro atoms. The highest BCUT2D eigenvalue weighted by Gasteiger charge is 2.05. The average Bonchev–Trinajstić information content (AvgIpc) is 2.34. The molecule has 1 aromatic carbocycles. The predicted molar refractivity (Wildman–Crippen MR) is 67.8 cm³/mol. The lowest BCUT2D eigenvalue weighted by Gasteiger charge is -2.22. The summed E-state index contributed by atoms with van der Waals surface area (Å²) < 4.78 is 5.10. The molecule has 0 radical (unpaired) electrons. The zero-order chi connectivity index (χ0) is 12.7. The van der Waals surface area contributed by atoms with Crippen molar-refractivity contribution in [2.24, 2.45) is 0 Å². The number of benzene rings is 1. The highest BCUT2D eigenvalue weighted by molar-refractivity contribution is 5.66. The van der Waals surface area contributed by atoms with Crippen LogP contribution in [0.2, 0.25) is 0 Å². The van der Waals surface area contributed by atoms with E-state index in [9.17, 15) is 4.79 Å². The molecule has 17 heavy (non-hydrogen) atoms. The van der Waals surface area contributed by atoms with E-state index in [1.54, 1.807) is 7.11 Å². The summed E-state index contributed by atoms with van der Waals surface area (Å²) in [5.41, 5.74) is 1.10. The molecule has 0 saturated heterocycles. The number of nitrogens with zero attached hydrogens (tertiary/aromatic N) is 1. The Morgan fingerprint density at radius 3 is 2.47 bits per heavy atom. The molecule has 0 aromatic heterocycles. The van der Waals surface area contributed by atoms with Crippen LogP contribution < -0.4 is 9.64 Å². The van der Waals surface area contributed by atoms with Crippen molar-refractivity contribution in [3.63, 3.8) is 0 Å². The topological polar surface area (TPSA) is 49.8 Å². The van der Waals surface area contributed by atoms with Crippen LogP contribution in [0.15, 0.2) is 24.3 Å². The van der Waals surface area contributed by atoms with Gasteiger partial charge in [0.25, 0.3) is 0 Å². The van der Waals surface area contributed by atoms with Crippen LogP contribution in [0.4, 0.5) is 5.69 Å². The number of methoxy groups -OCH3 is 1. The van der Waals surface area contributed by atoms with Gasteiger partial charge in [-0.3, -0.25) is 4.79 Å². The van der Waals surface area contributed by atoms with E-state index in [0.29, 0.717) is 6.42 Å².